The van der Waals surface area contributed by atoms with E-state index in [1.165, 1.54) is 62.9 Å². The Hall–Kier alpha value is -3.37. The molecule has 2 aromatic carbocycles. The van der Waals surface area contributed by atoms with Gasteiger partial charge in [0.15, 0.2) is 11.5 Å². The van der Waals surface area contributed by atoms with E-state index in [0.29, 0.717) is 10.1 Å². The lowest BCUT2D eigenvalue weighted by Crippen LogP contribution is -2.50. The van der Waals surface area contributed by atoms with Crippen molar-refractivity contribution < 1.29 is 27.1 Å². The second-order valence-electron chi connectivity index (χ2n) is 6.72. The molecule has 0 N–H and O–H groups in total. The molecule has 2 heterocycles. The number of sulfonamides is 1. The first kappa shape index (κ1) is 21.8. The molecule has 0 saturated carbocycles. The topological polar surface area (TPSA) is 89.0 Å². The van der Waals surface area contributed by atoms with Crippen molar-refractivity contribution in [3.63, 3.8) is 0 Å². The molecule has 0 bridgehead atoms. The third-order valence-electron chi connectivity index (χ3n) is 4.96. The lowest BCUT2D eigenvalue weighted by Gasteiger charge is -2.36. The van der Waals surface area contributed by atoms with Crippen molar-refractivity contribution in [1.82, 2.24) is 4.98 Å². The SMILES string of the molecule is COc1ccc(N2C(=O)N(Cc3c(F)cccc3Cl)c3ccncc3S2(=O)=O)cc1OC. The predicted molar refractivity (Wildman–Crippen MR) is 116 cm³/mol. The van der Waals surface area contributed by atoms with Gasteiger partial charge in [0.2, 0.25) is 0 Å². The number of ether oxygens (including phenoxy) is 2. The Morgan fingerprint density at radius 1 is 1.09 bits per heavy atom. The Labute approximate surface area is 188 Å². The van der Waals surface area contributed by atoms with Gasteiger partial charge in [0.25, 0.3) is 10.0 Å². The Bertz CT molecular complexity index is 1300. The van der Waals surface area contributed by atoms with Gasteiger partial charge in [-0.1, -0.05) is 17.7 Å². The van der Waals surface area contributed by atoms with Crippen LogP contribution in [0.3, 0.4) is 0 Å². The molecular weight excluding hydrogens is 461 g/mol. The Kier molecular flexibility index (Phi) is 5.66. The number of carbonyl (C=O) groups excluding carboxylic acids is 1. The first-order valence-electron chi connectivity index (χ1n) is 9.25. The van der Waals surface area contributed by atoms with E-state index in [1.807, 2.05) is 0 Å². The summed E-state index contributed by atoms with van der Waals surface area (Å²) in [5, 5.41) is 0.111. The normalized spacial score (nSPS) is 14.8. The van der Waals surface area contributed by atoms with Crippen LogP contribution >= 0.6 is 11.6 Å². The van der Waals surface area contributed by atoms with Crippen LogP contribution in [0.2, 0.25) is 5.02 Å². The van der Waals surface area contributed by atoms with Gasteiger partial charge in [-0.15, -0.1) is 0 Å². The summed E-state index contributed by atoms with van der Waals surface area (Å²) >= 11 is 6.15. The van der Waals surface area contributed by atoms with E-state index in [1.54, 1.807) is 0 Å². The number of fused-ring (bicyclic) bond motifs is 1. The molecular formula is C21H17ClFN3O5S. The molecule has 0 spiro atoms. The van der Waals surface area contributed by atoms with Gasteiger partial charge >= 0.3 is 6.03 Å². The van der Waals surface area contributed by atoms with Crippen molar-refractivity contribution in [1.29, 1.82) is 0 Å². The number of hydrogen-bond acceptors (Lipinski definition) is 6. The molecule has 1 aliphatic heterocycles. The van der Waals surface area contributed by atoms with Gasteiger partial charge in [0.1, 0.15) is 10.7 Å². The number of pyridine rings is 1. The minimum Gasteiger partial charge on any atom is -0.493 e. The number of amides is 2. The number of hydrogen-bond donors (Lipinski definition) is 0. The average molecular weight is 478 g/mol. The summed E-state index contributed by atoms with van der Waals surface area (Å²) < 4.78 is 52.2. The summed E-state index contributed by atoms with van der Waals surface area (Å²) in [6, 6.07) is 8.87. The van der Waals surface area contributed by atoms with Crippen molar-refractivity contribution in [2.24, 2.45) is 0 Å². The highest BCUT2D eigenvalue weighted by molar-refractivity contribution is 7.94. The number of urea groups is 1. The fraction of sp³-hybridized carbons (Fsp3) is 0.143. The van der Waals surface area contributed by atoms with E-state index in [9.17, 15) is 17.6 Å². The van der Waals surface area contributed by atoms with Crippen LogP contribution < -0.4 is 18.7 Å². The summed E-state index contributed by atoms with van der Waals surface area (Å²) in [5.74, 6) is -0.0316. The molecule has 3 aromatic rings. The minimum absolute atomic E-state index is 0.0202. The van der Waals surface area contributed by atoms with E-state index >= 15 is 0 Å². The van der Waals surface area contributed by atoms with Crippen molar-refractivity contribution in [3.8, 4) is 11.5 Å². The molecule has 4 rings (SSSR count). The predicted octanol–water partition coefficient (Wildman–Crippen LogP) is 4.23. The summed E-state index contributed by atoms with van der Waals surface area (Å²) in [6.07, 6.45) is 2.49. The van der Waals surface area contributed by atoms with Gasteiger partial charge < -0.3 is 9.47 Å². The Morgan fingerprint density at radius 2 is 1.84 bits per heavy atom. The van der Waals surface area contributed by atoms with Gasteiger partial charge in [-0.2, -0.15) is 4.31 Å². The third kappa shape index (κ3) is 3.51. The molecule has 32 heavy (non-hydrogen) atoms. The first-order valence-corrected chi connectivity index (χ1v) is 11.1. The number of rotatable bonds is 5. The molecule has 0 atom stereocenters. The highest BCUT2D eigenvalue weighted by Crippen LogP contribution is 2.40. The van der Waals surface area contributed by atoms with E-state index in [0.717, 1.165) is 11.1 Å². The molecule has 0 fully saturated rings. The molecule has 11 heteroatoms. The summed E-state index contributed by atoms with van der Waals surface area (Å²) in [5.41, 5.74) is 0.143. The van der Waals surface area contributed by atoms with Crippen molar-refractivity contribution in [2.75, 3.05) is 23.4 Å². The van der Waals surface area contributed by atoms with Gasteiger partial charge in [-0.05, 0) is 30.3 Å². The zero-order valence-electron chi connectivity index (χ0n) is 17.0. The maximum atomic E-state index is 14.5. The second kappa shape index (κ2) is 8.29. The summed E-state index contributed by atoms with van der Waals surface area (Å²) in [4.78, 5) is 18.3. The average Bonchev–Trinajstić information content (AvgIpc) is 2.78. The Morgan fingerprint density at radius 3 is 2.53 bits per heavy atom. The van der Waals surface area contributed by atoms with E-state index < -0.39 is 21.9 Å². The zero-order chi connectivity index (χ0) is 23.0. The van der Waals surface area contributed by atoms with Gasteiger partial charge in [0, 0.05) is 29.0 Å². The number of anilines is 2. The number of nitrogens with zero attached hydrogens (tertiary/aromatic N) is 3. The minimum atomic E-state index is -4.32. The van der Waals surface area contributed by atoms with Gasteiger partial charge in [0.05, 0.1) is 32.1 Å². The molecule has 0 saturated heterocycles. The Balaban J connectivity index is 1.89. The number of aromatic nitrogens is 1. The van der Waals surface area contributed by atoms with Crippen LogP contribution in [0.15, 0.2) is 59.8 Å². The van der Waals surface area contributed by atoms with Gasteiger partial charge in [-0.3, -0.25) is 9.88 Å². The number of methoxy groups -OCH3 is 2. The lowest BCUT2D eigenvalue weighted by molar-refractivity contribution is 0.253. The van der Waals surface area contributed by atoms with Crippen LogP contribution in [0, 0.1) is 5.82 Å². The highest BCUT2D eigenvalue weighted by Gasteiger charge is 2.43. The van der Waals surface area contributed by atoms with Gasteiger partial charge in [-0.25, -0.2) is 17.6 Å². The smallest absolute Gasteiger partial charge is 0.343 e. The first-order chi connectivity index (χ1) is 15.3. The lowest BCUT2D eigenvalue weighted by atomic mass is 10.2. The quantitative estimate of drug-likeness (QED) is 0.546. The van der Waals surface area contributed by atoms with Crippen LogP contribution in [0.25, 0.3) is 0 Å². The molecule has 8 nitrogen and oxygen atoms in total. The fourth-order valence-electron chi connectivity index (χ4n) is 3.40. The summed E-state index contributed by atoms with van der Waals surface area (Å²) in [6.45, 7) is -0.291. The summed E-state index contributed by atoms with van der Waals surface area (Å²) in [7, 11) is -1.50. The third-order valence-corrected chi connectivity index (χ3v) is 7.03. The maximum absolute atomic E-state index is 14.5. The van der Waals surface area contributed by atoms with Crippen molar-refractivity contribution in [2.45, 2.75) is 11.4 Å². The molecule has 1 aromatic heterocycles. The number of benzene rings is 2. The standard InChI is InChI=1S/C21H17ClFN3O5S/c1-30-18-7-6-13(10-19(18)31-2)26-21(27)25(12-14-15(22)4-3-5-16(14)23)17-8-9-24-11-20(17)32(26,28)29/h3-11H,12H2,1-2H3. The van der Waals surface area contributed by atoms with E-state index in [4.69, 9.17) is 21.1 Å². The van der Waals surface area contributed by atoms with Crippen LogP contribution in [-0.2, 0) is 16.6 Å². The van der Waals surface area contributed by atoms with Crippen LogP contribution in [-0.4, -0.2) is 33.7 Å². The number of carbonyl (C=O) groups is 1. The molecule has 0 aliphatic carbocycles. The highest BCUT2D eigenvalue weighted by atomic mass is 35.5. The molecule has 166 valence electrons. The van der Waals surface area contributed by atoms with E-state index in [2.05, 4.69) is 4.98 Å². The largest absolute Gasteiger partial charge is 0.493 e. The fourth-order valence-corrected chi connectivity index (χ4v) is 5.15. The maximum Gasteiger partial charge on any atom is 0.343 e. The molecule has 0 unspecified atom stereocenters. The van der Waals surface area contributed by atoms with Crippen molar-refractivity contribution in [3.05, 3.63) is 71.3 Å². The zero-order valence-corrected chi connectivity index (χ0v) is 18.5. The molecule has 0 radical (unpaired) electrons. The number of halogens is 2. The molecule has 2 amide bonds. The monoisotopic (exact) mass is 477 g/mol. The van der Waals surface area contributed by atoms with E-state index in [-0.39, 0.29) is 39.2 Å². The van der Waals surface area contributed by atoms with Crippen molar-refractivity contribution >= 4 is 39.0 Å². The second-order valence-corrected chi connectivity index (χ2v) is 8.88. The van der Waals surface area contributed by atoms with Crippen LogP contribution in [0.4, 0.5) is 20.6 Å². The van der Waals surface area contributed by atoms with Crippen LogP contribution in [0.5, 0.6) is 11.5 Å². The van der Waals surface area contributed by atoms with Crippen LogP contribution in [0.1, 0.15) is 5.56 Å². The molecule has 1 aliphatic rings.